The summed E-state index contributed by atoms with van der Waals surface area (Å²) in [5.74, 6) is 0.189. The molecule has 4 rings (SSSR count). The van der Waals surface area contributed by atoms with Crippen LogP contribution in [0.1, 0.15) is 5.56 Å². The van der Waals surface area contributed by atoms with Crippen molar-refractivity contribution >= 4 is 34.4 Å². The zero-order chi connectivity index (χ0) is 27.1. The van der Waals surface area contributed by atoms with Crippen molar-refractivity contribution in [1.82, 2.24) is 14.8 Å². The van der Waals surface area contributed by atoms with Gasteiger partial charge in [0.25, 0.3) is 0 Å². The van der Waals surface area contributed by atoms with Crippen molar-refractivity contribution in [3.8, 4) is 22.8 Å². The lowest BCUT2D eigenvalue weighted by atomic mass is 10.1. The molecule has 1 heterocycles. The quantitative estimate of drug-likeness (QED) is 0.192. The Morgan fingerprint density at radius 1 is 1.00 bits per heavy atom. The fourth-order valence-electron chi connectivity index (χ4n) is 3.38. The van der Waals surface area contributed by atoms with E-state index in [0.717, 1.165) is 27.5 Å². The summed E-state index contributed by atoms with van der Waals surface area (Å²) in [6.07, 6.45) is 0.541. The fraction of sp³-hybridized carbons (Fsp3) is 0.185. The molecule has 0 fully saturated rings. The molecule has 0 aliphatic rings. The number of hydrogen-bond donors (Lipinski definition) is 0. The van der Waals surface area contributed by atoms with Crippen LogP contribution in [0.5, 0.6) is 5.75 Å². The number of benzene rings is 3. The summed E-state index contributed by atoms with van der Waals surface area (Å²) in [6.45, 7) is 0.469. The molecule has 0 saturated heterocycles. The molecule has 196 valence electrons. The molecule has 0 saturated carbocycles. The molecule has 1 aromatic heterocycles. The summed E-state index contributed by atoms with van der Waals surface area (Å²) in [5.41, 5.74) is 4.28. The number of alkyl halides is 3. The van der Waals surface area contributed by atoms with Crippen LogP contribution in [0, 0.1) is 0 Å². The highest BCUT2D eigenvalue weighted by Gasteiger charge is 2.31. The number of ether oxygens (including phenoxy) is 1. The number of hydrogen-bond acceptors (Lipinski definition) is 7. The molecule has 11 heteroatoms. The molecule has 0 amide bonds. The normalized spacial score (nSPS) is 12.2. The zero-order valence-corrected chi connectivity index (χ0v) is 21.7. The third-order valence-electron chi connectivity index (χ3n) is 5.32. The smallest absolute Gasteiger partial charge is 0.406 e. The van der Waals surface area contributed by atoms with Gasteiger partial charge >= 0.3 is 6.36 Å². The summed E-state index contributed by atoms with van der Waals surface area (Å²) in [5, 5.41) is 5.33. The molecule has 0 N–H and O–H groups in total. The Kier molecular flexibility index (Phi) is 8.47. The summed E-state index contributed by atoms with van der Waals surface area (Å²) >= 11 is 1.56. The van der Waals surface area contributed by atoms with E-state index >= 15 is 0 Å². The second kappa shape index (κ2) is 12.0. The van der Waals surface area contributed by atoms with E-state index in [-0.39, 0.29) is 5.75 Å². The zero-order valence-electron chi connectivity index (χ0n) is 20.9. The monoisotopic (exact) mass is 538 g/mol. The third-order valence-corrected chi connectivity index (χ3v) is 6.01. The van der Waals surface area contributed by atoms with Gasteiger partial charge in [0.1, 0.15) is 12.1 Å². The van der Waals surface area contributed by atoms with Crippen LogP contribution in [0.2, 0.25) is 0 Å². The molecule has 0 aliphatic heterocycles. The Morgan fingerprint density at radius 3 is 2.29 bits per heavy atom. The first-order valence-electron chi connectivity index (χ1n) is 11.5. The van der Waals surface area contributed by atoms with Gasteiger partial charge < -0.3 is 9.64 Å². The van der Waals surface area contributed by atoms with Gasteiger partial charge in [-0.15, -0.1) is 30.0 Å². The minimum absolute atomic E-state index is 0.298. The minimum Gasteiger partial charge on any atom is -0.406 e. The van der Waals surface area contributed by atoms with E-state index in [4.69, 9.17) is 0 Å². The van der Waals surface area contributed by atoms with E-state index in [9.17, 15) is 13.2 Å². The van der Waals surface area contributed by atoms with Gasteiger partial charge in [0, 0.05) is 31.6 Å². The molecule has 0 radical (unpaired) electrons. The maximum atomic E-state index is 12.4. The van der Waals surface area contributed by atoms with Crippen molar-refractivity contribution in [2.24, 2.45) is 9.98 Å². The number of thioether (sulfide) groups is 1. The van der Waals surface area contributed by atoms with Gasteiger partial charge in [0.15, 0.2) is 5.82 Å². The van der Waals surface area contributed by atoms with Crippen LogP contribution in [0.25, 0.3) is 17.1 Å². The highest BCUT2D eigenvalue weighted by atomic mass is 32.2. The van der Waals surface area contributed by atoms with Gasteiger partial charge in [0.05, 0.1) is 23.0 Å². The van der Waals surface area contributed by atoms with Crippen molar-refractivity contribution in [1.29, 1.82) is 0 Å². The predicted molar refractivity (Wildman–Crippen MR) is 147 cm³/mol. The van der Waals surface area contributed by atoms with Crippen molar-refractivity contribution in [2.75, 3.05) is 31.8 Å². The number of aromatic nitrogens is 3. The van der Waals surface area contributed by atoms with Crippen LogP contribution in [-0.4, -0.2) is 59.3 Å². The lowest BCUT2D eigenvalue weighted by molar-refractivity contribution is -0.274. The maximum absolute atomic E-state index is 12.4. The van der Waals surface area contributed by atoms with Gasteiger partial charge in [-0.25, -0.2) is 14.7 Å². The van der Waals surface area contributed by atoms with E-state index in [1.165, 1.54) is 35.3 Å². The predicted octanol–water partition coefficient (Wildman–Crippen LogP) is 6.41. The first-order valence-corrected chi connectivity index (χ1v) is 12.7. The molecule has 0 aliphatic carbocycles. The van der Waals surface area contributed by atoms with Crippen molar-refractivity contribution in [2.45, 2.75) is 6.36 Å². The van der Waals surface area contributed by atoms with Crippen LogP contribution >= 0.6 is 11.8 Å². The topological polar surface area (TPSA) is 67.9 Å². The Morgan fingerprint density at radius 2 is 1.68 bits per heavy atom. The van der Waals surface area contributed by atoms with E-state index in [1.54, 1.807) is 18.0 Å². The Hall–Kier alpha value is -4.12. The lowest BCUT2D eigenvalue weighted by Gasteiger charge is -2.11. The van der Waals surface area contributed by atoms with Gasteiger partial charge in [-0.05, 0) is 60.4 Å². The third kappa shape index (κ3) is 7.45. The first-order chi connectivity index (χ1) is 18.2. The Bertz CT molecular complexity index is 1400. The molecular formula is C27H25F3N6OS. The van der Waals surface area contributed by atoms with E-state index in [0.29, 0.717) is 18.1 Å². The van der Waals surface area contributed by atoms with E-state index in [1.807, 2.05) is 73.8 Å². The van der Waals surface area contributed by atoms with Gasteiger partial charge in [-0.2, -0.15) is 0 Å². The molecule has 3 aromatic carbocycles. The average molecular weight is 539 g/mol. The maximum Gasteiger partial charge on any atom is 0.573 e. The summed E-state index contributed by atoms with van der Waals surface area (Å²) in [6, 6.07) is 21.0. The summed E-state index contributed by atoms with van der Waals surface area (Å²) < 4.78 is 42.4. The molecule has 7 nitrogen and oxygen atoms in total. The van der Waals surface area contributed by atoms with Crippen LogP contribution in [0.3, 0.4) is 0 Å². The van der Waals surface area contributed by atoms with Gasteiger partial charge in [-0.1, -0.05) is 24.3 Å². The molecule has 4 aromatic rings. The van der Waals surface area contributed by atoms with Crippen molar-refractivity contribution in [3.63, 3.8) is 0 Å². The molecular weight excluding hydrogens is 513 g/mol. The van der Waals surface area contributed by atoms with Crippen molar-refractivity contribution < 1.29 is 17.9 Å². The standard InChI is InChI=1S/C27H25F3N6OS/c1-35(2)22-10-8-21(9-11-22)33-25(38-3)17-31-16-19-4-6-20(7-5-19)26-32-18-36(34-26)23-12-14-24(15-13-23)37-27(28,29)30/h4-16,18H,17H2,1-3H3. The van der Waals surface area contributed by atoms with Gasteiger partial charge in [-0.3, -0.25) is 4.99 Å². The number of rotatable bonds is 8. The largest absolute Gasteiger partial charge is 0.573 e. The average Bonchev–Trinajstić information content (AvgIpc) is 3.39. The molecule has 0 bridgehead atoms. The first kappa shape index (κ1) is 26.9. The number of anilines is 1. The lowest BCUT2D eigenvalue weighted by Crippen LogP contribution is -2.17. The fourth-order valence-corrected chi connectivity index (χ4v) is 3.78. The summed E-state index contributed by atoms with van der Waals surface area (Å²) in [4.78, 5) is 15.6. The molecule has 0 spiro atoms. The van der Waals surface area contributed by atoms with E-state index < -0.39 is 6.36 Å². The second-order valence-electron chi connectivity index (χ2n) is 8.27. The highest BCUT2D eigenvalue weighted by Crippen LogP contribution is 2.24. The molecule has 0 atom stereocenters. The molecule has 0 unspecified atom stereocenters. The second-order valence-corrected chi connectivity index (χ2v) is 9.15. The van der Waals surface area contributed by atoms with Crippen LogP contribution in [-0.2, 0) is 0 Å². The van der Waals surface area contributed by atoms with Crippen LogP contribution < -0.4 is 9.64 Å². The summed E-state index contributed by atoms with van der Waals surface area (Å²) in [7, 11) is 4.00. The van der Waals surface area contributed by atoms with Crippen LogP contribution in [0.15, 0.2) is 89.1 Å². The highest BCUT2D eigenvalue weighted by molar-refractivity contribution is 8.13. The van der Waals surface area contributed by atoms with Gasteiger partial charge in [0.2, 0.25) is 0 Å². The SMILES string of the molecule is CSC(CN=Cc1ccc(-c2ncn(-c3ccc(OC(F)(F)F)cc3)n2)cc1)=Nc1ccc(N(C)C)cc1. The number of halogens is 3. The van der Waals surface area contributed by atoms with E-state index in [2.05, 4.69) is 24.8 Å². The van der Waals surface area contributed by atoms with Crippen molar-refractivity contribution in [3.05, 3.63) is 84.7 Å². The number of aliphatic imine (C=N–C) groups is 2. The molecule has 38 heavy (non-hydrogen) atoms. The Labute approximate surface area is 222 Å². The Balaban J connectivity index is 1.37. The minimum atomic E-state index is -4.73. The number of nitrogens with zero attached hydrogens (tertiary/aromatic N) is 6. The van der Waals surface area contributed by atoms with Crippen LogP contribution in [0.4, 0.5) is 24.5 Å².